The second-order valence-corrected chi connectivity index (χ2v) is 5.30. The Hall–Kier alpha value is -1.82. The van der Waals surface area contributed by atoms with Gasteiger partial charge in [0.15, 0.2) is 5.76 Å². The van der Waals surface area contributed by atoms with E-state index in [0.29, 0.717) is 12.2 Å². The summed E-state index contributed by atoms with van der Waals surface area (Å²) >= 11 is 0. The molecule has 2 N–H and O–H groups in total. The highest BCUT2D eigenvalue weighted by Crippen LogP contribution is 2.34. The minimum atomic E-state index is -1.08. The standard InChI is InChI=1S/C14H17NO5/c1-2-10-8(14(17)18)6-12(20-10)13(16)15-9-5-7-3-4-11(9)19-7/h6-7,9,11H,2-5H2,1H3,(H,15,16)(H,17,18)/t7-,9-,11+/m1/s1. The normalized spacial score (nSPS) is 27.8. The lowest BCUT2D eigenvalue weighted by Gasteiger charge is -2.19. The van der Waals surface area contributed by atoms with E-state index in [2.05, 4.69) is 5.32 Å². The van der Waals surface area contributed by atoms with Crippen LogP contribution in [0, 0.1) is 0 Å². The zero-order valence-electron chi connectivity index (χ0n) is 11.2. The van der Waals surface area contributed by atoms with Gasteiger partial charge in [-0.15, -0.1) is 0 Å². The molecule has 3 heterocycles. The van der Waals surface area contributed by atoms with Gasteiger partial charge in [0.2, 0.25) is 0 Å². The number of nitrogens with one attached hydrogen (secondary N) is 1. The number of hydrogen-bond donors (Lipinski definition) is 2. The molecule has 2 saturated heterocycles. The van der Waals surface area contributed by atoms with Gasteiger partial charge in [0, 0.05) is 12.5 Å². The average molecular weight is 279 g/mol. The lowest BCUT2D eigenvalue weighted by atomic mass is 9.95. The molecular weight excluding hydrogens is 262 g/mol. The summed E-state index contributed by atoms with van der Waals surface area (Å²) in [5, 5.41) is 11.9. The predicted molar refractivity (Wildman–Crippen MR) is 68.8 cm³/mol. The molecule has 6 nitrogen and oxygen atoms in total. The average Bonchev–Trinajstić information content (AvgIpc) is 3.12. The van der Waals surface area contributed by atoms with Gasteiger partial charge in [0.1, 0.15) is 11.3 Å². The number of carbonyl (C=O) groups excluding carboxylic acids is 1. The summed E-state index contributed by atoms with van der Waals surface area (Å²) in [7, 11) is 0. The van der Waals surface area contributed by atoms with Crippen LogP contribution in [0.3, 0.4) is 0 Å². The van der Waals surface area contributed by atoms with E-state index in [1.54, 1.807) is 6.92 Å². The van der Waals surface area contributed by atoms with Crippen molar-refractivity contribution in [3.05, 3.63) is 23.2 Å². The maximum atomic E-state index is 12.1. The molecule has 2 bridgehead atoms. The summed E-state index contributed by atoms with van der Waals surface area (Å²) in [6, 6.07) is 1.30. The van der Waals surface area contributed by atoms with Gasteiger partial charge in [-0.1, -0.05) is 6.92 Å². The number of rotatable bonds is 4. The minimum Gasteiger partial charge on any atom is -0.478 e. The summed E-state index contributed by atoms with van der Waals surface area (Å²) in [6.07, 6.45) is 3.62. The minimum absolute atomic E-state index is 0.00436. The van der Waals surface area contributed by atoms with Gasteiger partial charge in [-0.05, 0) is 19.3 Å². The zero-order valence-corrected chi connectivity index (χ0v) is 11.2. The lowest BCUT2D eigenvalue weighted by Crippen LogP contribution is -2.41. The number of fused-ring (bicyclic) bond motifs is 2. The molecule has 2 aliphatic heterocycles. The molecule has 1 aromatic heterocycles. The van der Waals surface area contributed by atoms with Crippen LogP contribution in [0.2, 0.25) is 0 Å². The van der Waals surface area contributed by atoms with Crippen molar-refractivity contribution in [2.75, 3.05) is 0 Å². The Morgan fingerprint density at radius 3 is 2.75 bits per heavy atom. The van der Waals surface area contributed by atoms with Gasteiger partial charge >= 0.3 is 5.97 Å². The third kappa shape index (κ3) is 2.20. The van der Waals surface area contributed by atoms with Gasteiger partial charge in [-0.3, -0.25) is 4.79 Å². The SMILES string of the molecule is CCc1oc(C(=O)N[C@@H]2C[C@H]3CC[C@@H]2O3)cc1C(=O)O. The number of aryl methyl sites for hydroxylation is 1. The van der Waals surface area contributed by atoms with Crippen LogP contribution in [-0.2, 0) is 11.2 Å². The van der Waals surface area contributed by atoms with E-state index >= 15 is 0 Å². The largest absolute Gasteiger partial charge is 0.478 e. The molecule has 3 rings (SSSR count). The summed E-state index contributed by atoms with van der Waals surface area (Å²) < 4.78 is 11.0. The van der Waals surface area contributed by atoms with Crippen LogP contribution >= 0.6 is 0 Å². The molecule has 0 aromatic carbocycles. The van der Waals surface area contributed by atoms with Crippen molar-refractivity contribution in [3.8, 4) is 0 Å². The van der Waals surface area contributed by atoms with Gasteiger partial charge in [0.05, 0.1) is 18.2 Å². The smallest absolute Gasteiger partial charge is 0.339 e. The van der Waals surface area contributed by atoms with E-state index in [1.807, 2.05) is 0 Å². The van der Waals surface area contributed by atoms with Crippen molar-refractivity contribution in [2.24, 2.45) is 0 Å². The highest BCUT2D eigenvalue weighted by molar-refractivity contribution is 5.96. The third-order valence-corrected chi connectivity index (χ3v) is 4.01. The van der Waals surface area contributed by atoms with Crippen LogP contribution in [0.1, 0.15) is 52.9 Å². The molecule has 2 fully saturated rings. The summed E-state index contributed by atoms with van der Waals surface area (Å²) in [4.78, 5) is 23.2. The number of hydrogen-bond acceptors (Lipinski definition) is 4. The molecule has 108 valence electrons. The Morgan fingerprint density at radius 2 is 2.25 bits per heavy atom. The van der Waals surface area contributed by atoms with E-state index in [9.17, 15) is 9.59 Å². The lowest BCUT2D eigenvalue weighted by molar-refractivity contribution is 0.0694. The number of ether oxygens (including phenoxy) is 1. The highest BCUT2D eigenvalue weighted by Gasteiger charge is 2.41. The second-order valence-electron chi connectivity index (χ2n) is 5.30. The first-order chi connectivity index (χ1) is 9.58. The number of carboxylic acid groups (broad SMARTS) is 1. The molecule has 20 heavy (non-hydrogen) atoms. The highest BCUT2D eigenvalue weighted by atomic mass is 16.5. The van der Waals surface area contributed by atoms with Crippen molar-refractivity contribution >= 4 is 11.9 Å². The first kappa shape index (κ1) is 13.2. The van der Waals surface area contributed by atoms with Gasteiger partial charge in [0.25, 0.3) is 5.91 Å². The number of amides is 1. The van der Waals surface area contributed by atoms with Gasteiger partial charge < -0.3 is 19.6 Å². The topological polar surface area (TPSA) is 88.8 Å². The van der Waals surface area contributed by atoms with Gasteiger partial charge in [-0.25, -0.2) is 4.79 Å². The summed E-state index contributed by atoms with van der Waals surface area (Å²) in [6.45, 7) is 1.79. The molecule has 2 aliphatic rings. The molecule has 1 amide bonds. The summed E-state index contributed by atoms with van der Waals surface area (Å²) in [5.74, 6) is -1.06. The fraction of sp³-hybridized carbons (Fsp3) is 0.571. The number of aromatic carboxylic acids is 1. The molecule has 0 unspecified atom stereocenters. The molecule has 6 heteroatoms. The zero-order chi connectivity index (χ0) is 14.3. The van der Waals surface area contributed by atoms with Crippen LogP contribution < -0.4 is 5.32 Å². The van der Waals surface area contributed by atoms with Crippen molar-refractivity contribution in [2.45, 2.75) is 50.9 Å². The van der Waals surface area contributed by atoms with Gasteiger partial charge in [-0.2, -0.15) is 0 Å². The molecule has 1 aromatic rings. The van der Waals surface area contributed by atoms with Crippen LogP contribution in [0.25, 0.3) is 0 Å². The fourth-order valence-electron chi connectivity index (χ4n) is 3.01. The maximum Gasteiger partial charge on any atom is 0.339 e. The van der Waals surface area contributed by atoms with Crippen LogP contribution in [0.15, 0.2) is 10.5 Å². The molecule has 0 saturated carbocycles. The summed E-state index contributed by atoms with van der Waals surface area (Å²) in [5.41, 5.74) is 0.0573. The van der Waals surface area contributed by atoms with E-state index < -0.39 is 5.97 Å². The van der Waals surface area contributed by atoms with Crippen molar-refractivity contribution in [3.63, 3.8) is 0 Å². The Balaban J connectivity index is 1.72. The Bertz CT molecular complexity index is 550. The Morgan fingerprint density at radius 1 is 1.45 bits per heavy atom. The van der Waals surface area contributed by atoms with Crippen molar-refractivity contribution in [1.29, 1.82) is 0 Å². The molecular formula is C14H17NO5. The maximum absolute atomic E-state index is 12.1. The fourth-order valence-corrected chi connectivity index (χ4v) is 3.01. The molecule has 3 atom stereocenters. The number of carboxylic acids is 1. The quantitative estimate of drug-likeness (QED) is 0.873. The van der Waals surface area contributed by atoms with E-state index in [0.717, 1.165) is 19.3 Å². The Kier molecular flexibility index (Phi) is 3.25. The van der Waals surface area contributed by atoms with Crippen molar-refractivity contribution < 1.29 is 23.8 Å². The van der Waals surface area contributed by atoms with Crippen LogP contribution in [-0.4, -0.2) is 35.2 Å². The number of furan rings is 1. The van der Waals surface area contributed by atoms with Crippen LogP contribution in [0.4, 0.5) is 0 Å². The van der Waals surface area contributed by atoms with E-state index in [4.69, 9.17) is 14.3 Å². The predicted octanol–water partition coefficient (Wildman–Crippen LogP) is 1.59. The first-order valence-corrected chi connectivity index (χ1v) is 6.90. The monoisotopic (exact) mass is 279 g/mol. The van der Waals surface area contributed by atoms with E-state index in [-0.39, 0.29) is 35.5 Å². The first-order valence-electron chi connectivity index (χ1n) is 6.90. The van der Waals surface area contributed by atoms with Crippen molar-refractivity contribution in [1.82, 2.24) is 5.32 Å². The Labute approximate surface area is 116 Å². The van der Waals surface area contributed by atoms with E-state index in [1.165, 1.54) is 6.07 Å². The third-order valence-electron chi connectivity index (χ3n) is 4.01. The molecule has 0 aliphatic carbocycles. The molecule has 0 radical (unpaired) electrons. The molecule has 0 spiro atoms. The number of carbonyl (C=O) groups is 2. The van der Waals surface area contributed by atoms with Crippen LogP contribution in [0.5, 0.6) is 0 Å². The second kappa shape index (κ2) is 4.94.